The molecule has 0 aliphatic carbocycles. The monoisotopic (exact) mass is 311 g/mol. The van der Waals surface area contributed by atoms with E-state index in [2.05, 4.69) is 15.4 Å². The minimum absolute atomic E-state index is 0.119. The Kier molecular flexibility index (Phi) is 4.97. The second kappa shape index (κ2) is 6.55. The first-order valence-electron chi connectivity index (χ1n) is 7.02. The van der Waals surface area contributed by atoms with Crippen molar-refractivity contribution in [2.24, 2.45) is 0 Å². The van der Waals surface area contributed by atoms with E-state index in [9.17, 15) is 13.2 Å². The molecule has 7 heteroatoms. The maximum absolute atomic E-state index is 12.1. The highest BCUT2D eigenvalue weighted by Crippen LogP contribution is 2.20. The molecule has 1 aliphatic rings. The normalized spacial score (nSPS) is 19.2. The van der Waals surface area contributed by atoms with Crippen molar-refractivity contribution in [3.05, 3.63) is 23.8 Å². The van der Waals surface area contributed by atoms with Crippen LogP contribution in [0.4, 0.5) is 5.69 Å². The molecule has 0 bridgehead atoms. The molecule has 3 N–H and O–H groups in total. The van der Waals surface area contributed by atoms with Crippen LogP contribution in [0.15, 0.2) is 23.1 Å². The van der Waals surface area contributed by atoms with E-state index in [4.69, 9.17) is 0 Å². The molecule has 0 spiro atoms. The summed E-state index contributed by atoms with van der Waals surface area (Å²) in [5.74, 6) is -0.119. The zero-order valence-electron chi connectivity index (χ0n) is 12.3. The number of aryl methyl sites for hydroxylation is 1. The second-order valence-corrected chi connectivity index (χ2v) is 7.03. The fraction of sp³-hybridized carbons (Fsp3) is 0.500. The average Bonchev–Trinajstić information content (AvgIpc) is 2.50. The lowest BCUT2D eigenvalue weighted by Crippen LogP contribution is -2.43. The smallest absolute Gasteiger partial charge is 0.241 e. The van der Waals surface area contributed by atoms with Gasteiger partial charge in [0.1, 0.15) is 0 Å². The van der Waals surface area contributed by atoms with Gasteiger partial charge in [0.2, 0.25) is 15.9 Å². The van der Waals surface area contributed by atoms with Crippen molar-refractivity contribution in [2.45, 2.75) is 37.1 Å². The Labute approximate surface area is 125 Å². The highest BCUT2D eigenvalue weighted by atomic mass is 32.2. The average molecular weight is 311 g/mol. The van der Waals surface area contributed by atoms with Gasteiger partial charge in [0.15, 0.2) is 0 Å². The molecule has 0 saturated carbocycles. The van der Waals surface area contributed by atoms with Crippen molar-refractivity contribution in [1.29, 1.82) is 0 Å². The maximum atomic E-state index is 12.1. The molecule has 1 heterocycles. The van der Waals surface area contributed by atoms with E-state index in [0.29, 0.717) is 11.3 Å². The van der Waals surface area contributed by atoms with Crippen molar-refractivity contribution in [3.8, 4) is 0 Å². The molecular formula is C14H21N3O3S. The highest BCUT2D eigenvalue weighted by Gasteiger charge is 2.21. The summed E-state index contributed by atoms with van der Waals surface area (Å²) in [6.45, 7) is 2.56. The predicted octanol–water partition coefficient (Wildman–Crippen LogP) is 0.984. The SMILES string of the molecule is CNS(=O)(=O)c1cc(NC(=O)C2CCCCN2)ccc1C. The zero-order chi connectivity index (χ0) is 15.5. The first-order valence-corrected chi connectivity index (χ1v) is 8.51. The lowest BCUT2D eigenvalue weighted by molar-refractivity contribution is -0.118. The lowest BCUT2D eigenvalue weighted by atomic mass is 10.0. The number of piperidine rings is 1. The van der Waals surface area contributed by atoms with E-state index in [0.717, 1.165) is 25.8 Å². The maximum Gasteiger partial charge on any atom is 0.241 e. The molecule has 1 fully saturated rings. The summed E-state index contributed by atoms with van der Waals surface area (Å²) in [5.41, 5.74) is 1.13. The molecule has 1 amide bonds. The third kappa shape index (κ3) is 3.81. The number of hydrogen-bond donors (Lipinski definition) is 3. The number of hydrogen-bond acceptors (Lipinski definition) is 4. The Morgan fingerprint density at radius 2 is 2.10 bits per heavy atom. The molecule has 1 unspecified atom stereocenters. The van der Waals surface area contributed by atoms with Gasteiger partial charge in [-0.15, -0.1) is 0 Å². The number of anilines is 1. The van der Waals surface area contributed by atoms with Gasteiger partial charge in [0.05, 0.1) is 10.9 Å². The zero-order valence-corrected chi connectivity index (χ0v) is 13.1. The Morgan fingerprint density at radius 3 is 2.71 bits per heavy atom. The molecule has 2 rings (SSSR count). The number of rotatable bonds is 4. The second-order valence-electron chi connectivity index (χ2n) is 5.18. The summed E-state index contributed by atoms with van der Waals surface area (Å²) in [6, 6.07) is 4.69. The summed E-state index contributed by atoms with van der Waals surface area (Å²) in [5, 5.41) is 5.95. The van der Waals surface area contributed by atoms with Crippen molar-refractivity contribution >= 4 is 21.6 Å². The van der Waals surface area contributed by atoms with E-state index in [1.807, 2.05) is 0 Å². The molecule has 1 aromatic rings. The molecule has 0 radical (unpaired) electrons. The van der Waals surface area contributed by atoms with Gasteiger partial charge in [-0.05, 0) is 51.1 Å². The molecule has 1 aliphatic heterocycles. The summed E-state index contributed by atoms with van der Waals surface area (Å²) < 4.78 is 26.1. The Morgan fingerprint density at radius 1 is 1.33 bits per heavy atom. The molecule has 6 nitrogen and oxygen atoms in total. The van der Waals surface area contributed by atoms with Gasteiger partial charge in [0.25, 0.3) is 0 Å². The molecule has 1 atom stereocenters. The van der Waals surface area contributed by atoms with E-state index >= 15 is 0 Å². The van der Waals surface area contributed by atoms with Crippen LogP contribution < -0.4 is 15.4 Å². The van der Waals surface area contributed by atoms with Crippen LogP contribution in [-0.4, -0.2) is 34.0 Å². The van der Waals surface area contributed by atoms with Crippen LogP contribution in [0.25, 0.3) is 0 Å². The molecule has 116 valence electrons. The number of sulfonamides is 1. The summed E-state index contributed by atoms with van der Waals surface area (Å²) in [7, 11) is -2.16. The van der Waals surface area contributed by atoms with E-state index in [1.54, 1.807) is 19.1 Å². The topological polar surface area (TPSA) is 87.3 Å². The van der Waals surface area contributed by atoms with E-state index < -0.39 is 10.0 Å². The molecular weight excluding hydrogens is 290 g/mol. The van der Waals surface area contributed by atoms with Crippen molar-refractivity contribution in [2.75, 3.05) is 18.9 Å². The van der Waals surface area contributed by atoms with Crippen LogP contribution >= 0.6 is 0 Å². The molecule has 0 aromatic heterocycles. The van der Waals surface area contributed by atoms with Crippen LogP contribution in [0.1, 0.15) is 24.8 Å². The number of carbonyl (C=O) groups is 1. The van der Waals surface area contributed by atoms with Crippen molar-refractivity contribution < 1.29 is 13.2 Å². The number of nitrogens with one attached hydrogen (secondary N) is 3. The van der Waals surface area contributed by atoms with Gasteiger partial charge in [0, 0.05) is 5.69 Å². The summed E-state index contributed by atoms with van der Waals surface area (Å²) >= 11 is 0. The first-order chi connectivity index (χ1) is 9.94. The van der Waals surface area contributed by atoms with Crippen LogP contribution in [0.3, 0.4) is 0 Å². The van der Waals surface area contributed by atoms with Crippen molar-refractivity contribution in [3.63, 3.8) is 0 Å². The largest absolute Gasteiger partial charge is 0.325 e. The number of amides is 1. The Balaban J connectivity index is 2.17. The highest BCUT2D eigenvalue weighted by molar-refractivity contribution is 7.89. The lowest BCUT2D eigenvalue weighted by Gasteiger charge is -2.22. The first kappa shape index (κ1) is 15.9. The molecule has 21 heavy (non-hydrogen) atoms. The summed E-state index contributed by atoms with van der Waals surface area (Å²) in [4.78, 5) is 12.3. The summed E-state index contributed by atoms with van der Waals surface area (Å²) in [6.07, 6.45) is 2.91. The van der Waals surface area contributed by atoms with Crippen molar-refractivity contribution in [1.82, 2.24) is 10.0 Å². The molecule has 1 saturated heterocycles. The Hall–Kier alpha value is -1.44. The number of benzene rings is 1. The van der Waals surface area contributed by atoms with Crippen LogP contribution in [-0.2, 0) is 14.8 Å². The molecule has 1 aromatic carbocycles. The quantitative estimate of drug-likeness (QED) is 0.773. The van der Waals surface area contributed by atoms with Crippen LogP contribution in [0, 0.1) is 6.92 Å². The van der Waals surface area contributed by atoms with E-state index in [-0.39, 0.29) is 16.8 Å². The van der Waals surface area contributed by atoms with Gasteiger partial charge in [-0.25, -0.2) is 13.1 Å². The van der Waals surface area contributed by atoms with Gasteiger partial charge in [-0.2, -0.15) is 0 Å². The third-order valence-corrected chi connectivity index (χ3v) is 5.20. The van der Waals surface area contributed by atoms with E-state index in [1.165, 1.54) is 13.1 Å². The third-order valence-electron chi connectivity index (χ3n) is 3.64. The minimum Gasteiger partial charge on any atom is -0.325 e. The van der Waals surface area contributed by atoms with Gasteiger partial charge in [-0.3, -0.25) is 4.79 Å². The predicted molar refractivity (Wildman–Crippen MR) is 81.7 cm³/mol. The Bertz CT molecular complexity index is 622. The van der Waals surface area contributed by atoms with Gasteiger partial charge < -0.3 is 10.6 Å². The van der Waals surface area contributed by atoms with Crippen LogP contribution in [0.2, 0.25) is 0 Å². The van der Waals surface area contributed by atoms with Crippen LogP contribution in [0.5, 0.6) is 0 Å². The standard InChI is InChI=1S/C14H21N3O3S/c1-10-6-7-11(9-13(10)21(19,20)15-2)17-14(18)12-5-3-4-8-16-12/h6-7,9,12,15-16H,3-5,8H2,1-2H3,(H,17,18). The minimum atomic E-state index is -3.53. The van der Waals surface area contributed by atoms with Gasteiger partial charge >= 0.3 is 0 Å². The fourth-order valence-electron chi connectivity index (χ4n) is 2.38. The number of carbonyl (C=O) groups excluding carboxylic acids is 1. The fourth-order valence-corrected chi connectivity index (χ4v) is 3.38. The van der Waals surface area contributed by atoms with Gasteiger partial charge in [-0.1, -0.05) is 12.5 Å².